The van der Waals surface area contributed by atoms with Crippen molar-refractivity contribution in [3.63, 3.8) is 0 Å². The third-order valence-corrected chi connectivity index (χ3v) is 13.1. The average molecular weight is 749 g/mol. The fraction of sp³-hybridized carbons (Fsp3) is 0.156. The van der Waals surface area contributed by atoms with Gasteiger partial charge in [-0.15, -0.1) is 22.7 Å². The highest BCUT2D eigenvalue weighted by molar-refractivity contribution is 7.16. The van der Waals surface area contributed by atoms with E-state index >= 15 is 26.3 Å². The van der Waals surface area contributed by atoms with Gasteiger partial charge in [-0.25, -0.2) is 0 Å². The molecule has 0 N–H and O–H groups in total. The summed E-state index contributed by atoms with van der Waals surface area (Å²) in [6.07, 6.45) is 0.383. The lowest BCUT2D eigenvalue weighted by atomic mass is 9.92. The fourth-order valence-corrected chi connectivity index (χ4v) is 10.2. The monoisotopic (exact) mass is 748 g/mol. The third kappa shape index (κ3) is 4.95. The number of hydrogen-bond donors (Lipinski definition) is 0. The van der Waals surface area contributed by atoms with Crippen LogP contribution in [0.25, 0.3) is 75.1 Å². The van der Waals surface area contributed by atoms with Gasteiger partial charge in [0.05, 0.1) is 0 Å². The first-order chi connectivity index (χ1) is 25.4. The van der Waals surface area contributed by atoms with Crippen molar-refractivity contribution in [3.8, 4) is 20.9 Å². The molecule has 0 unspecified atom stereocenters. The highest BCUT2D eigenvalue weighted by Crippen LogP contribution is 2.66. The van der Waals surface area contributed by atoms with Crippen LogP contribution >= 0.6 is 22.7 Å². The molecule has 1 aliphatic carbocycles. The molecule has 0 fully saturated rings. The van der Waals surface area contributed by atoms with Crippen molar-refractivity contribution in [2.45, 2.75) is 44.5 Å². The van der Waals surface area contributed by atoms with Crippen molar-refractivity contribution in [2.75, 3.05) is 0 Å². The molecule has 8 heteroatoms. The largest absolute Gasteiger partial charge is 0.380 e. The Morgan fingerprint density at radius 2 is 0.774 bits per heavy atom. The molecule has 264 valence electrons. The molecule has 0 aliphatic heterocycles. The number of alkyl halides is 6. The lowest BCUT2D eigenvalue weighted by Gasteiger charge is -2.25. The molecule has 0 saturated carbocycles. The predicted molar refractivity (Wildman–Crippen MR) is 210 cm³/mol. The number of aryl methyl sites for hydroxylation is 2. The van der Waals surface area contributed by atoms with Gasteiger partial charge in [-0.2, -0.15) is 26.3 Å². The Hall–Kier alpha value is -4.92. The number of fused-ring (bicyclic) bond motifs is 4. The molecule has 0 amide bonds. The van der Waals surface area contributed by atoms with Crippen molar-refractivity contribution in [1.82, 2.24) is 0 Å². The highest BCUT2D eigenvalue weighted by Gasteiger charge is 2.80. The maximum Gasteiger partial charge on any atom is 0.380 e. The van der Waals surface area contributed by atoms with E-state index in [-0.39, 0.29) is 24.0 Å². The Morgan fingerprint density at radius 1 is 0.415 bits per heavy atom. The second kappa shape index (κ2) is 12.1. The van der Waals surface area contributed by atoms with Gasteiger partial charge >= 0.3 is 17.8 Å². The second-order valence-corrected chi connectivity index (χ2v) is 15.8. The number of rotatable bonds is 6. The van der Waals surface area contributed by atoms with Crippen molar-refractivity contribution >= 4 is 76.9 Å². The Labute approximate surface area is 309 Å². The van der Waals surface area contributed by atoms with Gasteiger partial charge in [-0.1, -0.05) is 98.8 Å². The normalized spacial score (nSPS) is 16.5. The van der Waals surface area contributed by atoms with Crippen LogP contribution in [0.5, 0.6) is 0 Å². The zero-order valence-electron chi connectivity index (χ0n) is 28.5. The third-order valence-electron chi connectivity index (χ3n) is 10.5. The summed E-state index contributed by atoms with van der Waals surface area (Å²) in [6, 6.07) is 37.9. The van der Waals surface area contributed by atoms with E-state index in [1.807, 2.05) is 109 Å². The summed E-state index contributed by atoms with van der Waals surface area (Å²) in [5.74, 6) is -15.9. The first-order valence-electron chi connectivity index (χ1n) is 17.4. The SMILES string of the molecule is CCc1sc(-c2cccc3cc4ccccc4cc23)cc1C1=C(c2cc(-c3cccc4cc5ccccc5cc34)sc2CC)C(F)(F)C(F)(F)C1(F)F. The molecular weight excluding hydrogens is 719 g/mol. The van der Waals surface area contributed by atoms with Crippen molar-refractivity contribution < 1.29 is 26.3 Å². The minimum atomic E-state index is -5.65. The quantitative estimate of drug-likeness (QED) is 0.117. The van der Waals surface area contributed by atoms with E-state index in [1.54, 1.807) is 13.8 Å². The van der Waals surface area contributed by atoms with Crippen molar-refractivity contribution in [2.24, 2.45) is 0 Å². The Kier molecular flexibility index (Phi) is 7.70. The van der Waals surface area contributed by atoms with E-state index in [1.165, 1.54) is 34.8 Å². The maximum absolute atomic E-state index is 16.3. The first kappa shape index (κ1) is 33.9. The number of allylic oxidation sites excluding steroid dienone is 2. The second-order valence-electron chi connectivity index (χ2n) is 13.5. The zero-order chi connectivity index (χ0) is 36.9. The smallest absolute Gasteiger partial charge is 0.194 e. The van der Waals surface area contributed by atoms with Crippen LogP contribution in [0, 0.1) is 0 Å². The first-order valence-corrected chi connectivity index (χ1v) is 19.1. The van der Waals surface area contributed by atoms with E-state index in [0.717, 1.165) is 54.2 Å². The van der Waals surface area contributed by atoms with Crippen LogP contribution in [0.15, 0.2) is 121 Å². The summed E-state index contributed by atoms with van der Waals surface area (Å²) in [5, 5.41) is 7.55. The van der Waals surface area contributed by atoms with Crippen LogP contribution in [0.1, 0.15) is 34.7 Å². The Morgan fingerprint density at radius 3 is 1.15 bits per heavy atom. The van der Waals surface area contributed by atoms with Gasteiger partial charge in [0.15, 0.2) is 0 Å². The minimum absolute atomic E-state index is 0.192. The van der Waals surface area contributed by atoms with E-state index < -0.39 is 28.9 Å². The van der Waals surface area contributed by atoms with Gasteiger partial charge in [-0.05, 0) is 115 Å². The lowest BCUT2D eigenvalue weighted by molar-refractivity contribution is -0.254. The molecule has 2 aromatic heterocycles. The molecule has 0 saturated heterocycles. The Balaban J connectivity index is 1.28. The molecule has 53 heavy (non-hydrogen) atoms. The summed E-state index contributed by atoms with van der Waals surface area (Å²) < 4.78 is 96.6. The van der Waals surface area contributed by atoms with Crippen LogP contribution in [0.3, 0.4) is 0 Å². The predicted octanol–water partition coefficient (Wildman–Crippen LogP) is 14.7. The molecule has 0 radical (unpaired) electrons. The van der Waals surface area contributed by atoms with E-state index in [4.69, 9.17) is 0 Å². The van der Waals surface area contributed by atoms with Crippen molar-refractivity contribution in [1.29, 1.82) is 0 Å². The number of halogens is 6. The Bertz CT molecular complexity index is 2610. The molecular formula is C45H30F6S2. The molecule has 9 rings (SSSR count). The van der Waals surface area contributed by atoms with Gasteiger partial charge in [0.2, 0.25) is 0 Å². The van der Waals surface area contributed by atoms with Gasteiger partial charge < -0.3 is 0 Å². The molecule has 0 spiro atoms. The summed E-state index contributed by atoms with van der Waals surface area (Å²) in [6.45, 7) is 3.45. The zero-order valence-corrected chi connectivity index (χ0v) is 30.2. The molecule has 0 bridgehead atoms. The molecule has 0 nitrogen and oxygen atoms in total. The average Bonchev–Trinajstić information content (AvgIpc) is 3.80. The van der Waals surface area contributed by atoms with Gasteiger partial charge in [0.25, 0.3) is 0 Å². The molecule has 0 atom stereocenters. The van der Waals surface area contributed by atoms with Gasteiger partial charge in [-0.3, -0.25) is 0 Å². The molecule has 1 aliphatic rings. The van der Waals surface area contributed by atoms with Gasteiger partial charge in [0.1, 0.15) is 0 Å². The lowest BCUT2D eigenvalue weighted by Crippen LogP contribution is -2.48. The van der Waals surface area contributed by atoms with Crippen molar-refractivity contribution in [3.05, 3.63) is 142 Å². The summed E-state index contributed by atoms with van der Waals surface area (Å²) in [4.78, 5) is 1.77. The van der Waals surface area contributed by atoms with E-state index in [9.17, 15) is 0 Å². The van der Waals surface area contributed by atoms with E-state index in [0.29, 0.717) is 19.5 Å². The maximum atomic E-state index is 16.3. The molecule has 8 aromatic rings. The summed E-state index contributed by atoms with van der Waals surface area (Å²) in [5.41, 5.74) is -1.66. The van der Waals surface area contributed by atoms with Crippen LogP contribution < -0.4 is 0 Å². The number of benzene rings is 6. The van der Waals surface area contributed by atoms with E-state index in [2.05, 4.69) is 0 Å². The van der Waals surface area contributed by atoms with Crippen LogP contribution in [0.2, 0.25) is 0 Å². The molecule has 2 heterocycles. The number of thiophene rings is 2. The highest BCUT2D eigenvalue weighted by atomic mass is 32.1. The topological polar surface area (TPSA) is 0 Å². The fourth-order valence-electron chi connectivity index (χ4n) is 7.87. The van der Waals surface area contributed by atoms with Crippen LogP contribution in [-0.4, -0.2) is 17.8 Å². The summed E-state index contributed by atoms with van der Waals surface area (Å²) >= 11 is 2.36. The minimum Gasteiger partial charge on any atom is -0.194 e. The van der Waals surface area contributed by atoms with Crippen LogP contribution in [-0.2, 0) is 12.8 Å². The van der Waals surface area contributed by atoms with Crippen LogP contribution in [0.4, 0.5) is 26.3 Å². The molecule has 6 aromatic carbocycles. The standard InChI is InChI=1S/C45H30F6S2/c1-3-37-35(23-39(52-37)31-17-9-15-29-19-25-11-5-7-13-27(25)21-33(29)31)41-42(44(48,49)45(50,51)43(41,46)47)36-24-40(53-38(36)4-2)32-18-10-16-30-20-26-12-6-8-14-28(26)22-34(30)32/h5-24H,3-4H2,1-2H3. The summed E-state index contributed by atoms with van der Waals surface area (Å²) in [7, 11) is 0. The number of hydrogen-bond acceptors (Lipinski definition) is 2. The van der Waals surface area contributed by atoms with Gasteiger partial charge in [0, 0.05) is 30.7 Å².